The van der Waals surface area contributed by atoms with Gasteiger partial charge in [0.15, 0.2) is 5.76 Å². The van der Waals surface area contributed by atoms with Crippen molar-refractivity contribution in [3.8, 4) is 5.75 Å². The molecule has 1 amide bonds. The third kappa shape index (κ3) is 6.30. The van der Waals surface area contributed by atoms with E-state index in [1.54, 1.807) is 33.8 Å². The van der Waals surface area contributed by atoms with E-state index in [4.69, 9.17) is 18.6 Å². The van der Waals surface area contributed by atoms with Gasteiger partial charge in [-0.05, 0) is 76.4 Å². The highest BCUT2D eigenvalue weighted by Crippen LogP contribution is 2.35. The van der Waals surface area contributed by atoms with E-state index >= 15 is 0 Å². The number of rotatable bonds is 9. The molecule has 0 aliphatic carbocycles. The maximum Gasteiger partial charge on any atom is 0.348 e. The molecule has 8 nitrogen and oxygen atoms in total. The second-order valence-electron chi connectivity index (χ2n) is 8.21. The van der Waals surface area contributed by atoms with Gasteiger partial charge in [-0.25, -0.2) is 9.59 Å². The monoisotopic (exact) mass is 499 g/mol. The summed E-state index contributed by atoms with van der Waals surface area (Å²) in [6.45, 7) is 11.0. The van der Waals surface area contributed by atoms with Gasteiger partial charge < -0.3 is 23.9 Å². The predicted octanol–water partition coefficient (Wildman–Crippen LogP) is 5.84. The van der Waals surface area contributed by atoms with Crippen LogP contribution in [0.3, 0.4) is 0 Å². The number of benzene rings is 1. The summed E-state index contributed by atoms with van der Waals surface area (Å²) in [4.78, 5) is 38.2. The van der Waals surface area contributed by atoms with Crippen molar-refractivity contribution in [1.29, 1.82) is 0 Å². The summed E-state index contributed by atoms with van der Waals surface area (Å²) in [7, 11) is 0. The highest BCUT2D eigenvalue weighted by molar-refractivity contribution is 7.18. The Bertz CT molecular complexity index is 1240. The molecule has 0 saturated heterocycles. The van der Waals surface area contributed by atoms with Crippen LogP contribution in [-0.4, -0.2) is 30.6 Å². The molecule has 0 unspecified atom stereocenters. The Morgan fingerprint density at radius 3 is 2.49 bits per heavy atom. The van der Waals surface area contributed by atoms with E-state index in [0.29, 0.717) is 11.3 Å². The molecule has 0 atom stereocenters. The Morgan fingerprint density at radius 2 is 1.80 bits per heavy atom. The number of carbonyl (C=O) groups is 3. The van der Waals surface area contributed by atoms with E-state index in [2.05, 4.69) is 5.32 Å². The molecule has 0 saturated carbocycles. The molecule has 3 aromatic rings. The summed E-state index contributed by atoms with van der Waals surface area (Å²) < 4.78 is 21.9. The van der Waals surface area contributed by atoms with Gasteiger partial charge in [0.05, 0.1) is 18.3 Å². The van der Waals surface area contributed by atoms with Gasteiger partial charge in [-0.1, -0.05) is 12.1 Å². The highest BCUT2D eigenvalue weighted by Gasteiger charge is 2.28. The number of amides is 1. The summed E-state index contributed by atoms with van der Waals surface area (Å²) >= 11 is 0.956. The number of esters is 2. The fourth-order valence-electron chi connectivity index (χ4n) is 3.27. The first-order valence-corrected chi connectivity index (χ1v) is 12.0. The molecule has 1 aromatic carbocycles. The molecule has 0 aliphatic rings. The second kappa shape index (κ2) is 11.2. The van der Waals surface area contributed by atoms with E-state index in [-0.39, 0.29) is 40.5 Å². The van der Waals surface area contributed by atoms with E-state index in [9.17, 15) is 14.4 Å². The Kier molecular flexibility index (Phi) is 8.34. The van der Waals surface area contributed by atoms with Gasteiger partial charge in [-0.15, -0.1) is 11.3 Å². The maximum absolute atomic E-state index is 12.9. The first-order chi connectivity index (χ1) is 16.6. The third-order valence-electron chi connectivity index (χ3n) is 4.98. The number of thiophene rings is 1. The zero-order valence-corrected chi connectivity index (χ0v) is 21.5. The maximum atomic E-state index is 12.9. The standard InChI is InChI=1S/C26H29NO7S/c1-7-31-26(30)22-17(6)21(25(29)33-14(2)3)24(35-22)27-23(28)19-11-10-18(34-19)13-32-20-12-15(4)8-9-16(20)5/h8-12,14H,7,13H2,1-6H3,(H,27,28). The van der Waals surface area contributed by atoms with Gasteiger partial charge in [0, 0.05) is 0 Å². The number of furan rings is 1. The summed E-state index contributed by atoms with van der Waals surface area (Å²) in [5.74, 6) is -0.541. The predicted molar refractivity (Wildman–Crippen MR) is 132 cm³/mol. The smallest absolute Gasteiger partial charge is 0.348 e. The molecule has 2 heterocycles. The molecule has 35 heavy (non-hydrogen) atoms. The summed E-state index contributed by atoms with van der Waals surface area (Å²) in [6.07, 6.45) is -0.374. The van der Waals surface area contributed by atoms with E-state index in [1.165, 1.54) is 6.07 Å². The Hall–Kier alpha value is -3.59. The van der Waals surface area contributed by atoms with Gasteiger partial charge in [0.1, 0.15) is 28.0 Å². The zero-order chi connectivity index (χ0) is 25.7. The van der Waals surface area contributed by atoms with Crippen LogP contribution in [0.25, 0.3) is 0 Å². The number of hydrogen-bond acceptors (Lipinski definition) is 8. The number of hydrogen-bond donors (Lipinski definition) is 1. The third-order valence-corrected chi connectivity index (χ3v) is 6.17. The molecule has 0 radical (unpaired) electrons. The molecule has 9 heteroatoms. The van der Waals surface area contributed by atoms with Gasteiger partial charge in [-0.2, -0.15) is 0 Å². The van der Waals surface area contributed by atoms with Crippen LogP contribution in [-0.2, 0) is 16.1 Å². The van der Waals surface area contributed by atoms with Crippen LogP contribution in [0.5, 0.6) is 5.75 Å². The molecule has 0 fully saturated rings. The van der Waals surface area contributed by atoms with Crippen molar-refractivity contribution in [2.24, 2.45) is 0 Å². The largest absolute Gasteiger partial charge is 0.485 e. The minimum Gasteiger partial charge on any atom is -0.485 e. The number of carbonyl (C=O) groups excluding carboxylic acids is 3. The fourth-order valence-corrected chi connectivity index (χ4v) is 4.35. The highest BCUT2D eigenvalue weighted by atomic mass is 32.1. The van der Waals surface area contributed by atoms with Gasteiger partial charge in [0.2, 0.25) is 0 Å². The number of aryl methyl sites for hydroxylation is 2. The van der Waals surface area contributed by atoms with Crippen LogP contribution in [0.1, 0.15) is 73.8 Å². The number of ether oxygens (including phenoxy) is 3. The van der Waals surface area contributed by atoms with E-state index in [1.807, 2.05) is 32.0 Å². The molecule has 0 spiro atoms. The van der Waals surface area contributed by atoms with Crippen LogP contribution in [0.15, 0.2) is 34.7 Å². The lowest BCUT2D eigenvalue weighted by Gasteiger charge is -2.10. The van der Waals surface area contributed by atoms with Crippen molar-refractivity contribution in [2.75, 3.05) is 11.9 Å². The van der Waals surface area contributed by atoms with Crippen molar-refractivity contribution in [1.82, 2.24) is 0 Å². The lowest BCUT2D eigenvalue weighted by molar-refractivity contribution is 0.0379. The molecular formula is C26H29NO7S. The average molecular weight is 500 g/mol. The summed E-state index contributed by atoms with van der Waals surface area (Å²) in [6, 6.07) is 9.08. The average Bonchev–Trinajstić information content (AvgIpc) is 3.38. The molecule has 186 valence electrons. The quantitative estimate of drug-likeness (QED) is 0.369. The van der Waals surface area contributed by atoms with E-state index in [0.717, 1.165) is 28.2 Å². The summed E-state index contributed by atoms with van der Waals surface area (Å²) in [5.41, 5.74) is 2.57. The molecular weight excluding hydrogens is 470 g/mol. The van der Waals surface area contributed by atoms with Crippen LogP contribution < -0.4 is 10.1 Å². The van der Waals surface area contributed by atoms with Gasteiger partial charge in [0.25, 0.3) is 5.91 Å². The second-order valence-corrected chi connectivity index (χ2v) is 9.23. The Balaban J connectivity index is 1.79. The van der Waals surface area contributed by atoms with E-state index < -0.39 is 17.8 Å². The van der Waals surface area contributed by atoms with Crippen LogP contribution in [0, 0.1) is 20.8 Å². The van der Waals surface area contributed by atoms with Crippen molar-refractivity contribution < 1.29 is 33.0 Å². The lowest BCUT2D eigenvalue weighted by Crippen LogP contribution is -2.16. The molecule has 2 aromatic heterocycles. The number of nitrogens with one attached hydrogen (secondary N) is 1. The molecule has 3 rings (SSSR count). The van der Waals surface area contributed by atoms with Crippen molar-refractivity contribution in [3.05, 3.63) is 69.0 Å². The topological polar surface area (TPSA) is 104 Å². The lowest BCUT2D eigenvalue weighted by atomic mass is 10.1. The Labute approximate surface area is 208 Å². The molecule has 1 N–H and O–H groups in total. The summed E-state index contributed by atoms with van der Waals surface area (Å²) in [5, 5.41) is 2.87. The van der Waals surface area contributed by atoms with Crippen LogP contribution in [0.2, 0.25) is 0 Å². The first-order valence-electron chi connectivity index (χ1n) is 11.2. The first kappa shape index (κ1) is 26.0. The van der Waals surface area contributed by atoms with Crippen molar-refractivity contribution >= 4 is 34.2 Å². The van der Waals surface area contributed by atoms with Crippen molar-refractivity contribution in [3.63, 3.8) is 0 Å². The molecule has 0 aliphatic heterocycles. The minimum atomic E-state index is -0.637. The minimum absolute atomic E-state index is 0.0384. The number of anilines is 1. The Morgan fingerprint density at radius 1 is 1.06 bits per heavy atom. The van der Waals surface area contributed by atoms with Crippen LogP contribution in [0.4, 0.5) is 5.00 Å². The van der Waals surface area contributed by atoms with Crippen molar-refractivity contribution in [2.45, 2.75) is 54.3 Å². The zero-order valence-electron chi connectivity index (χ0n) is 20.6. The van der Waals surface area contributed by atoms with Crippen LogP contribution >= 0.6 is 11.3 Å². The van der Waals surface area contributed by atoms with Gasteiger partial charge >= 0.3 is 11.9 Å². The fraction of sp³-hybridized carbons (Fsp3) is 0.346. The normalized spacial score (nSPS) is 10.8. The van der Waals surface area contributed by atoms with Gasteiger partial charge in [-0.3, -0.25) is 4.79 Å². The SMILES string of the molecule is CCOC(=O)c1sc(NC(=O)c2ccc(COc3cc(C)ccc3C)o2)c(C(=O)OC(C)C)c1C. The molecule has 0 bridgehead atoms.